The van der Waals surface area contributed by atoms with Crippen LogP contribution in [0.25, 0.3) is 0 Å². The van der Waals surface area contributed by atoms with Crippen molar-refractivity contribution < 1.29 is 13.2 Å². The Balaban J connectivity index is 1.43. The average Bonchev–Trinajstić information content (AvgIpc) is 2.78. The molecule has 7 nitrogen and oxygen atoms in total. The molecule has 0 saturated carbocycles. The monoisotopic (exact) mass is 476 g/mol. The van der Waals surface area contributed by atoms with Gasteiger partial charge in [-0.25, -0.2) is 13.4 Å². The summed E-state index contributed by atoms with van der Waals surface area (Å²) in [6, 6.07) is 11.7. The lowest BCUT2D eigenvalue weighted by atomic mass is 10.0. The lowest BCUT2D eigenvalue weighted by molar-refractivity contribution is -0.118. The lowest BCUT2D eigenvalue weighted by Crippen LogP contribution is -2.47. The van der Waals surface area contributed by atoms with Gasteiger partial charge in [0.2, 0.25) is 15.9 Å². The summed E-state index contributed by atoms with van der Waals surface area (Å²) in [6.45, 7) is 7.33. The van der Waals surface area contributed by atoms with E-state index >= 15 is 0 Å². The van der Waals surface area contributed by atoms with Crippen LogP contribution in [0.3, 0.4) is 0 Å². The van der Waals surface area contributed by atoms with Crippen molar-refractivity contribution >= 4 is 27.7 Å². The summed E-state index contributed by atoms with van der Waals surface area (Å²) in [7, 11) is -1.54. The second-order valence-electron chi connectivity index (χ2n) is 8.32. The number of likely N-dealkylation sites (N-methyl/N-ethyl adjacent to an activating group) is 1. The number of carbonyl (C=O) groups is 1. The Morgan fingerprint density at radius 3 is 2.38 bits per heavy atom. The number of hydrogen-bond acceptors (Lipinski definition) is 6. The van der Waals surface area contributed by atoms with Crippen LogP contribution in [0, 0.1) is 0 Å². The molecular weight excluding hydrogens is 444 g/mol. The van der Waals surface area contributed by atoms with Crippen LogP contribution >= 0.6 is 11.8 Å². The highest BCUT2D eigenvalue weighted by Gasteiger charge is 2.27. The molecule has 1 fully saturated rings. The third-order valence-corrected chi connectivity index (χ3v) is 8.37. The highest BCUT2D eigenvalue weighted by molar-refractivity contribution is 7.99. The molecule has 1 N–H and O–H groups in total. The smallest absolute Gasteiger partial charge is 0.244 e. The number of rotatable bonds is 9. The van der Waals surface area contributed by atoms with Gasteiger partial charge >= 0.3 is 0 Å². The number of benzene rings is 1. The van der Waals surface area contributed by atoms with Crippen molar-refractivity contribution in [2.75, 3.05) is 45.5 Å². The average molecular weight is 477 g/mol. The largest absolute Gasteiger partial charge is 0.355 e. The first-order valence-corrected chi connectivity index (χ1v) is 13.3. The number of nitrogens with one attached hydrogen (secondary N) is 1. The first kappa shape index (κ1) is 24.7. The molecule has 1 amide bonds. The van der Waals surface area contributed by atoms with E-state index in [0.717, 1.165) is 19.5 Å². The Kier molecular flexibility index (Phi) is 8.70. The number of thioether (sulfide) groups is 1. The van der Waals surface area contributed by atoms with E-state index in [0.29, 0.717) is 30.6 Å². The van der Waals surface area contributed by atoms with Crippen molar-refractivity contribution in [2.45, 2.75) is 36.1 Å². The standard InChI is InChI=1S/C23H32N4O3S2/c1-18(2)20-6-4-19(5-7-20)10-11-24-22(28)17-31-23-9-8-21(16-25-23)32(29,30)27-14-12-26(3)13-15-27/h4-9,16,18H,10-15,17H2,1-3H3,(H,24,28). The van der Waals surface area contributed by atoms with Crippen LogP contribution in [-0.4, -0.2) is 74.0 Å². The normalized spacial score (nSPS) is 15.8. The van der Waals surface area contributed by atoms with E-state index in [2.05, 4.69) is 53.3 Å². The van der Waals surface area contributed by atoms with E-state index in [1.807, 2.05) is 7.05 Å². The van der Waals surface area contributed by atoms with Crippen LogP contribution < -0.4 is 5.32 Å². The van der Waals surface area contributed by atoms with Crippen LogP contribution in [0.5, 0.6) is 0 Å². The number of piperazine rings is 1. The minimum absolute atomic E-state index is 0.0651. The topological polar surface area (TPSA) is 82.6 Å². The second-order valence-corrected chi connectivity index (χ2v) is 11.3. The molecule has 1 aliphatic rings. The molecule has 0 aliphatic carbocycles. The summed E-state index contributed by atoms with van der Waals surface area (Å²) in [5.41, 5.74) is 2.50. The molecule has 1 saturated heterocycles. The summed E-state index contributed by atoms with van der Waals surface area (Å²) in [6.07, 6.45) is 2.17. The summed E-state index contributed by atoms with van der Waals surface area (Å²) < 4.78 is 27.0. The molecule has 0 atom stereocenters. The number of carbonyl (C=O) groups excluding carboxylic acids is 1. The predicted molar refractivity (Wildman–Crippen MR) is 128 cm³/mol. The minimum Gasteiger partial charge on any atom is -0.355 e. The fourth-order valence-corrected chi connectivity index (χ4v) is 5.43. The van der Waals surface area contributed by atoms with E-state index < -0.39 is 10.0 Å². The molecule has 1 aromatic heterocycles. The van der Waals surface area contributed by atoms with Gasteiger partial charge in [-0.1, -0.05) is 49.9 Å². The number of sulfonamides is 1. The Bertz CT molecular complexity index is 985. The molecule has 2 heterocycles. The zero-order valence-corrected chi connectivity index (χ0v) is 20.6. The molecule has 0 radical (unpaired) electrons. The summed E-state index contributed by atoms with van der Waals surface area (Å²) in [5, 5.41) is 3.55. The molecular formula is C23H32N4O3S2. The second kappa shape index (κ2) is 11.3. The molecule has 1 aliphatic heterocycles. The van der Waals surface area contributed by atoms with Gasteiger partial charge in [-0.3, -0.25) is 4.79 Å². The van der Waals surface area contributed by atoms with E-state index in [4.69, 9.17) is 0 Å². The summed E-state index contributed by atoms with van der Waals surface area (Å²) in [4.78, 5) is 18.7. The van der Waals surface area contributed by atoms with Crippen molar-refractivity contribution in [3.8, 4) is 0 Å². The van der Waals surface area contributed by atoms with Crippen molar-refractivity contribution in [2.24, 2.45) is 0 Å². The highest BCUT2D eigenvalue weighted by Crippen LogP contribution is 2.20. The first-order valence-electron chi connectivity index (χ1n) is 10.9. The minimum atomic E-state index is -3.52. The van der Waals surface area contributed by atoms with Crippen LogP contribution in [-0.2, 0) is 21.2 Å². The number of amides is 1. The van der Waals surface area contributed by atoms with E-state index in [1.54, 1.807) is 12.1 Å². The number of hydrogen-bond donors (Lipinski definition) is 1. The maximum absolute atomic E-state index is 12.8. The van der Waals surface area contributed by atoms with Crippen LogP contribution in [0.15, 0.2) is 52.5 Å². The Morgan fingerprint density at radius 2 is 1.78 bits per heavy atom. The maximum Gasteiger partial charge on any atom is 0.244 e. The number of aromatic nitrogens is 1. The molecule has 0 spiro atoms. The van der Waals surface area contributed by atoms with Crippen molar-refractivity contribution in [1.29, 1.82) is 0 Å². The van der Waals surface area contributed by atoms with E-state index in [1.165, 1.54) is 33.4 Å². The molecule has 1 aromatic carbocycles. The zero-order chi connectivity index (χ0) is 23.1. The Labute approximate surface area is 195 Å². The Hall–Kier alpha value is -1.94. The number of pyridine rings is 1. The summed E-state index contributed by atoms with van der Waals surface area (Å²) in [5.74, 6) is 0.684. The SMILES string of the molecule is CC(C)c1ccc(CCNC(=O)CSc2ccc(S(=O)(=O)N3CCN(C)CC3)cn2)cc1. The van der Waals surface area contributed by atoms with Gasteiger partial charge in [0.1, 0.15) is 4.90 Å². The summed E-state index contributed by atoms with van der Waals surface area (Å²) >= 11 is 1.30. The van der Waals surface area contributed by atoms with Crippen molar-refractivity contribution in [1.82, 2.24) is 19.5 Å². The third kappa shape index (κ3) is 6.78. The molecule has 32 heavy (non-hydrogen) atoms. The van der Waals surface area contributed by atoms with Gasteiger partial charge in [-0.15, -0.1) is 0 Å². The molecule has 3 rings (SSSR count). The Morgan fingerprint density at radius 1 is 1.09 bits per heavy atom. The fraction of sp³-hybridized carbons (Fsp3) is 0.478. The maximum atomic E-state index is 12.8. The fourth-order valence-electron chi connectivity index (χ4n) is 3.39. The lowest BCUT2D eigenvalue weighted by Gasteiger charge is -2.31. The number of nitrogens with zero attached hydrogens (tertiary/aromatic N) is 3. The van der Waals surface area contributed by atoms with Gasteiger partial charge in [-0.2, -0.15) is 4.31 Å². The van der Waals surface area contributed by atoms with Crippen molar-refractivity contribution in [3.05, 3.63) is 53.7 Å². The van der Waals surface area contributed by atoms with Gasteiger partial charge < -0.3 is 10.2 Å². The van der Waals surface area contributed by atoms with E-state index in [9.17, 15) is 13.2 Å². The van der Waals surface area contributed by atoms with Gasteiger partial charge in [0, 0.05) is 38.9 Å². The van der Waals surface area contributed by atoms with E-state index in [-0.39, 0.29) is 16.6 Å². The first-order chi connectivity index (χ1) is 15.3. The van der Waals surface area contributed by atoms with Crippen molar-refractivity contribution in [3.63, 3.8) is 0 Å². The van der Waals surface area contributed by atoms with Gasteiger partial charge in [-0.05, 0) is 42.6 Å². The third-order valence-electron chi connectivity index (χ3n) is 5.54. The molecule has 2 aromatic rings. The van der Waals surface area contributed by atoms with Crippen LogP contribution in [0.2, 0.25) is 0 Å². The quantitative estimate of drug-likeness (QED) is 0.560. The van der Waals surface area contributed by atoms with Gasteiger partial charge in [0.25, 0.3) is 0 Å². The van der Waals surface area contributed by atoms with Crippen LogP contribution in [0.1, 0.15) is 30.9 Å². The predicted octanol–water partition coefficient (Wildman–Crippen LogP) is 2.59. The molecule has 0 unspecified atom stereocenters. The molecule has 9 heteroatoms. The molecule has 174 valence electrons. The zero-order valence-electron chi connectivity index (χ0n) is 19.0. The van der Waals surface area contributed by atoms with Crippen LogP contribution in [0.4, 0.5) is 0 Å². The highest BCUT2D eigenvalue weighted by atomic mass is 32.2. The van der Waals surface area contributed by atoms with Gasteiger partial charge in [0.15, 0.2) is 0 Å². The van der Waals surface area contributed by atoms with Gasteiger partial charge in [0.05, 0.1) is 10.8 Å². The molecule has 0 bridgehead atoms.